The van der Waals surface area contributed by atoms with E-state index in [0.29, 0.717) is 0 Å². The molecule has 0 atom stereocenters. The number of thioether (sulfide) groups is 1. The van der Waals surface area contributed by atoms with Gasteiger partial charge in [0.2, 0.25) is 0 Å². The summed E-state index contributed by atoms with van der Waals surface area (Å²) in [7, 11) is 1.97. The topological polar surface area (TPSA) is 50.9 Å². The van der Waals surface area contributed by atoms with Crippen LogP contribution in [0, 0.1) is 6.92 Å². The normalized spacial score (nSPS) is 10.8. The van der Waals surface area contributed by atoms with Crippen LogP contribution in [0.3, 0.4) is 0 Å². The minimum Gasteiger partial charge on any atom is -0.392 e. The van der Waals surface area contributed by atoms with E-state index in [1.165, 1.54) is 4.90 Å². The molecule has 0 fully saturated rings. The van der Waals surface area contributed by atoms with Gasteiger partial charge in [0.25, 0.3) is 0 Å². The van der Waals surface area contributed by atoms with Gasteiger partial charge >= 0.3 is 0 Å². The summed E-state index contributed by atoms with van der Waals surface area (Å²) in [6.07, 6.45) is 0. The highest BCUT2D eigenvalue weighted by atomic mass is 32.2. The van der Waals surface area contributed by atoms with Crippen molar-refractivity contribution in [1.82, 2.24) is 14.8 Å². The number of hydrogen-bond acceptors (Lipinski definition) is 4. The van der Waals surface area contributed by atoms with Crippen molar-refractivity contribution in [2.45, 2.75) is 24.2 Å². The molecule has 90 valence electrons. The first-order valence-electron chi connectivity index (χ1n) is 5.38. The summed E-state index contributed by atoms with van der Waals surface area (Å²) < 4.78 is 2.00. The Balaban J connectivity index is 2.00. The zero-order valence-corrected chi connectivity index (χ0v) is 10.7. The third-order valence-electron chi connectivity index (χ3n) is 2.66. The Morgan fingerprint density at radius 2 is 1.94 bits per heavy atom. The standard InChI is InChI=1S/C12H15N3OS/c1-9-13-14-12(15(9)2)8-17-11-5-3-10(7-16)4-6-11/h3-6,16H,7-8H2,1-2H3. The van der Waals surface area contributed by atoms with Gasteiger partial charge in [-0.05, 0) is 24.6 Å². The molecule has 5 heteroatoms. The van der Waals surface area contributed by atoms with Crippen molar-refractivity contribution in [3.8, 4) is 0 Å². The van der Waals surface area contributed by atoms with Crippen LogP contribution in [0.4, 0.5) is 0 Å². The average Bonchev–Trinajstić information content (AvgIpc) is 2.68. The molecule has 0 bridgehead atoms. The first-order valence-corrected chi connectivity index (χ1v) is 6.36. The molecule has 0 radical (unpaired) electrons. The van der Waals surface area contributed by atoms with Crippen LogP contribution in [0.15, 0.2) is 29.2 Å². The molecule has 1 heterocycles. The van der Waals surface area contributed by atoms with Gasteiger partial charge in [-0.2, -0.15) is 0 Å². The molecule has 0 spiro atoms. The summed E-state index contributed by atoms with van der Waals surface area (Å²) in [5.74, 6) is 2.70. The molecule has 0 aliphatic heterocycles. The second-order valence-electron chi connectivity index (χ2n) is 3.81. The first-order chi connectivity index (χ1) is 8.20. The molecule has 0 aliphatic carbocycles. The van der Waals surface area contributed by atoms with Gasteiger partial charge in [-0.1, -0.05) is 12.1 Å². The number of nitrogens with zero attached hydrogens (tertiary/aromatic N) is 3. The molecular formula is C12H15N3OS. The maximum atomic E-state index is 8.95. The third-order valence-corrected chi connectivity index (χ3v) is 3.66. The molecule has 2 rings (SSSR count). The molecule has 0 saturated heterocycles. The molecular weight excluding hydrogens is 234 g/mol. The maximum absolute atomic E-state index is 8.95. The van der Waals surface area contributed by atoms with Crippen molar-refractivity contribution in [2.75, 3.05) is 0 Å². The Morgan fingerprint density at radius 3 is 2.47 bits per heavy atom. The lowest BCUT2D eigenvalue weighted by molar-refractivity contribution is 0.282. The van der Waals surface area contributed by atoms with Gasteiger partial charge < -0.3 is 9.67 Å². The number of aliphatic hydroxyl groups is 1. The predicted octanol–water partition coefficient (Wildman–Crippen LogP) is 1.91. The summed E-state index contributed by atoms with van der Waals surface area (Å²) in [5, 5.41) is 17.1. The van der Waals surface area contributed by atoms with Crippen molar-refractivity contribution in [2.24, 2.45) is 7.05 Å². The van der Waals surface area contributed by atoms with E-state index < -0.39 is 0 Å². The molecule has 1 aromatic heterocycles. The van der Waals surface area contributed by atoms with Crippen LogP contribution >= 0.6 is 11.8 Å². The zero-order valence-electron chi connectivity index (χ0n) is 9.92. The lowest BCUT2D eigenvalue weighted by atomic mass is 10.2. The van der Waals surface area contributed by atoms with Gasteiger partial charge in [-0.25, -0.2) is 0 Å². The van der Waals surface area contributed by atoms with E-state index in [9.17, 15) is 0 Å². The Labute approximate surface area is 105 Å². The largest absolute Gasteiger partial charge is 0.392 e. The summed E-state index contributed by atoms with van der Waals surface area (Å²) >= 11 is 1.72. The maximum Gasteiger partial charge on any atom is 0.143 e. The van der Waals surface area contributed by atoms with Gasteiger partial charge in [0.15, 0.2) is 0 Å². The number of benzene rings is 1. The van der Waals surface area contributed by atoms with E-state index in [1.54, 1.807) is 11.8 Å². The summed E-state index contributed by atoms with van der Waals surface area (Å²) in [6, 6.07) is 7.90. The molecule has 0 aliphatic rings. The number of aromatic nitrogens is 3. The van der Waals surface area contributed by atoms with Crippen LogP contribution in [0.2, 0.25) is 0 Å². The lowest BCUT2D eigenvalue weighted by Gasteiger charge is -2.03. The van der Waals surface area contributed by atoms with E-state index in [-0.39, 0.29) is 6.61 Å². The monoisotopic (exact) mass is 249 g/mol. The van der Waals surface area contributed by atoms with Crippen LogP contribution in [0.5, 0.6) is 0 Å². The fourth-order valence-electron chi connectivity index (χ4n) is 1.42. The Morgan fingerprint density at radius 1 is 1.24 bits per heavy atom. The zero-order chi connectivity index (χ0) is 12.3. The quantitative estimate of drug-likeness (QED) is 0.841. The molecule has 0 amide bonds. The average molecular weight is 249 g/mol. The van der Waals surface area contributed by atoms with Crippen LogP contribution < -0.4 is 0 Å². The van der Waals surface area contributed by atoms with Crippen molar-refractivity contribution in [1.29, 1.82) is 0 Å². The van der Waals surface area contributed by atoms with Crippen molar-refractivity contribution in [3.63, 3.8) is 0 Å². The fraction of sp³-hybridized carbons (Fsp3) is 0.333. The SMILES string of the molecule is Cc1nnc(CSc2ccc(CO)cc2)n1C. The Bertz CT molecular complexity index is 493. The van der Waals surface area contributed by atoms with Crippen LogP contribution in [0.25, 0.3) is 0 Å². The van der Waals surface area contributed by atoms with E-state index in [2.05, 4.69) is 10.2 Å². The smallest absolute Gasteiger partial charge is 0.143 e. The van der Waals surface area contributed by atoms with Crippen LogP contribution in [-0.2, 0) is 19.4 Å². The minimum absolute atomic E-state index is 0.0907. The first kappa shape index (κ1) is 12.1. The number of aliphatic hydroxyl groups excluding tert-OH is 1. The van der Waals surface area contributed by atoms with E-state index in [4.69, 9.17) is 5.11 Å². The molecule has 1 aromatic carbocycles. The molecule has 0 saturated carbocycles. The molecule has 2 aromatic rings. The highest BCUT2D eigenvalue weighted by Crippen LogP contribution is 2.22. The van der Waals surface area contributed by atoms with Crippen LogP contribution in [0.1, 0.15) is 17.2 Å². The van der Waals surface area contributed by atoms with E-state index >= 15 is 0 Å². The molecule has 0 unspecified atom stereocenters. The lowest BCUT2D eigenvalue weighted by Crippen LogP contribution is -1.97. The molecule has 4 nitrogen and oxygen atoms in total. The third kappa shape index (κ3) is 2.87. The van der Waals surface area contributed by atoms with Gasteiger partial charge in [0.05, 0.1) is 12.4 Å². The highest BCUT2D eigenvalue weighted by Gasteiger charge is 2.05. The van der Waals surface area contributed by atoms with Crippen molar-refractivity contribution in [3.05, 3.63) is 41.5 Å². The summed E-state index contributed by atoms with van der Waals surface area (Å²) in [6.45, 7) is 2.03. The van der Waals surface area contributed by atoms with Crippen LogP contribution in [-0.4, -0.2) is 19.9 Å². The Kier molecular flexibility index (Phi) is 3.81. The second kappa shape index (κ2) is 5.33. The van der Waals surface area contributed by atoms with Gasteiger partial charge in [-0.3, -0.25) is 0 Å². The minimum atomic E-state index is 0.0907. The predicted molar refractivity (Wildman–Crippen MR) is 67.7 cm³/mol. The van der Waals surface area contributed by atoms with Gasteiger partial charge in [-0.15, -0.1) is 22.0 Å². The Hall–Kier alpha value is -1.33. The van der Waals surface area contributed by atoms with E-state index in [1.807, 2.05) is 42.8 Å². The summed E-state index contributed by atoms with van der Waals surface area (Å²) in [4.78, 5) is 1.17. The van der Waals surface area contributed by atoms with Crippen molar-refractivity contribution < 1.29 is 5.11 Å². The van der Waals surface area contributed by atoms with E-state index in [0.717, 1.165) is 23.0 Å². The fourth-order valence-corrected chi connectivity index (χ4v) is 2.29. The highest BCUT2D eigenvalue weighted by molar-refractivity contribution is 7.98. The number of hydrogen-bond donors (Lipinski definition) is 1. The number of rotatable bonds is 4. The van der Waals surface area contributed by atoms with Gasteiger partial charge in [0, 0.05) is 11.9 Å². The summed E-state index contributed by atoms with van der Waals surface area (Å²) in [5.41, 5.74) is 0.934. The molecule has 1 N–H and O–H groups in total. The second-order valence-corrected chi connectivity index (χ2v) is 4.86. The van der Waals surface area contributed by atoms with Crippen molar-refractivity contribution >= 4 is 11.8 Å². The van der Waals surface area contributed by atoms with Gasteiger partial charge in [0.1, 0.15) is 11.6 Å². The number of aryl methyl sites for hydroxylation is 1. The molecule has 17 heavy (non-hydrogen) atoms.